The van der Waals surface area contributed by atoms with E-state index in [9.17, 15) is 4.79 Å². The highest BCUT2D eigenvalue weighted by atomic mass is 35.5. The Kier molecular flexibility index (Phi) is 4.18. The maximum Gasteiger partial charge on any atom is 0.142 e. The molecule has 0 N–H and O–H groups in total. The van der Waals surface area contributed by atoms with Gasteiger partial charge < -0.3 is 9.47 Å². The van der Waals surface area contributed by atoms with Crippen LogP contribution in [-0.2, 0) is 4.79 Å². The van der Waals surface area contributed by atoms with Gasteiger partial charge in [-0.25, -0.2) is 0 Å². The topological polar surface area (TPSA) is 35.5 Å². The Bertz CT molecular complexity index is 386. The fourth-order valence-corrected chi connectivity index (χ4v) is 1.39. The molecule has 0 aromatic heterocycles. The van der Waals surface area contributed by atoms with Gasteiger partial charge in [0.2, 0.25) is 0 Å². The average Bonchev–Trinajstić information content (AvgIpc) is 2.26. The van der Waals surface area contributed by atoms with Gasteiger partial charge in [-0.2, -0.15) is 0 Å². The molecule has 0 aliphatic carbocycles. The normalized spacial score (nSPS) is 10.3. The summed E-state index contributed by atoms with van der Waals surface area (Å²) in [5, 5.41) is 0.470. The number of carbonyl (C=O) groups excluding carboxylic acids is 1. The van der Waals surface area contributed by atoms with Gasteiger partial charge in [0.1, 0.15) is 17.8 Å². The molecule has 0 aliphatic rings. The van der Waals surface area contributed by atoms with Crippen molar-refractivity contribution in [3.63, 3.8) is 0 Å². The van der Waals surface area contributed by atoms with Gasteiger partial charge in [0.05, 0.1) is 19.2 Å². The Balaban J connectivity index is 3.21. The Morgan fingerprint density at radius 1 is 1.20 bits per heavy atom. The van der Waals surface area contributed by atoms with Crippen LogP contribution in [0.2, 0.25) is 5.02 Å². The summed E-state index contributed by atoms with van der Waals surface area (Å²) in [6.45, 7) is 0. The number of rotatable bonds is 4. The molecule has 0 aliphatic heterocycles. The van der Waals surface area contributed by atoms with Crippen LogP contribution in [0.25, 0.3) is 6.08 Å². The van der Waals surface area contributed by atoms with E-state index >= 15 is 0 Å². The van der Waals surface area contributed by atoms with Gasteiger partial charge in [-0.15, -0.1) is 0 Å². The molecule has 0 atom stereocenters. The second-order valence-electron chi connectivity index (χ2n) is 2.72. The van der Waals surface area contributed by atoms with Crippen LogP contribution in [0.15, 0.2) is 18.2 Å². The number of allylic oxidation sites excluding steroid dienone is 1. The zero-order valence-corrected chi connectivity index (χ0v) is 9.25. The first kappa shape index (κ1) is 11.6. The first-order valence-corrected chi connectivity index (χ1v) is 4.64. The third-order valence-corrected chi connectivity index (χ3v) is 2.15. The molecular formula is C11H11ClO3. The molecule has 1 rings (SSSR count). The molecule has 1 aromatic carbocycles. The lowest BCUT2D eigenvalue weighted by atomic mass is 10.1. The van der Waals surface area contributed by atoms with Crippen LogP contribution in [0.4, 0.5) is 0 Å². The van der Waals surface area contributed by atoms with Gasteiger partial charge in [0, 0.05) is 11.6 Å². The van der Waals surface area contributed by atoms with Crippen molar-refractivity contribution < 1.29 is 14.3 Å². The second-order valence-corrected chi connectivity index (χ2v) is 3.13. The Hall–Kier alpha value is -1.48. The summed E-state index contributed by atoms with van der Waals surface area (Å²) >= 11 is 5.92. The maximum absolute atomic E-state index is 10.2. The van der Waals surface area contributed by atoms with Gasteiger partial charge in [-0.05, 0) is 18.2 Å². The lowest BCUT2D eigenvalue weighted by Gasteiger charge is -2.09. The average molecular weight is 227 g/mol. The minimum absolute atomic E-state index is 0.470. The molecule has 0 bridgehead atoms. The molecule has 0 unspecified atom stereocenters. The van der Waals surface area contributed by atoms with Crippen molar-refractivity contribution in [2.45, 2.75) is 0 Å². The summed E-state index contributed by atoms with van der Waals surface area (Å²) in [5.74, 6) is 1.14. The van der Waals surface area contributed by atoms with Gasteiger partial charge in [0.15, 0.2) is 0 Å². The standard InChI is InChI=1S/C11H11ClO3/c1-14-10-7-9(12)11(15-2)6-8(10)4-3-5-13/h3-7H,1-2H3. The molecule has 0 fully saturated rings. The van der Waals surface area contributed by atoms with E-state index in [2.05, 4.69) is 0 Å². The molecule has 3 nitrogen and oxygen atoms in total. The van der Waals surface area contributed by atoms with E-state index in [1.165, 1.54) is 20.3 Å². The number of hydrogen-bond donors (Lipinski definition) is 0. The monoisotopic (exact) mass is 226 g/mol. The van der Waals surface area contributed by atoms with Crippen LogP contribution >= 0.6 is 11.6 Å². The minimum atomic E-state index is 0.470. The molecule has 80 valence electrons. The first-order valence-electron chi connectivity index (χ1n) is 4.26. The molecular weight excluding hydrogens is 216 g/mol. The lowest BCUT2D eigenvalue weighted by molar-refractivity contribution is -0.104. The van der Waals surface area contributed by atoms with Crippen molar-refractivity contribution in [1.82, 2.24) is 0 Å². The first-order chi connectivity index (χ1) is 7.22. The fraction of sp³-hybridized carbons (Fsp3) is 0.182. The Labute approximate surface area is 93.3 Å². The number of aldehydes is 1. The van der Waals surface area contributed by atoms with Crippen LogP contribution in [0.1, 0.15) is 5.56 Å². The number of halogens is 1. The molecule has 0 radical (unpaired) electrons. The molecule has 1 aromatic rings. The molecule has 4 heteroatoms. The number of methoxy groups -OCH3 is 2. The molecule has 0 saturated carbocycles. The van der Waals surface area contributed by atoms with E-state index in [0.29, 0.717) is 22.8 Å². The van der Waals surface area contributed by atoms with E-state index in [0.717, 1.165) is 5.56 Å². The quantitative estimate of drug-likeness (QED) is 0.585. The summed E-state index contributed by atoms with van der Waals surface area (Å²) in [7, 11) is 3.07. The number of hydrogen-bond acceptors (Lipinski definition) is 3. The Morgan fingerprint density at radius 2 is 1.87 bits per heavy atom. The number of benzene rings is 1. The third-order valence-electron chi connectivity index (χ3n) is 1.86. The molecule has 0 saturated heterocycles. The van der Waals surface area contributed by atoms with Crippen molar-refractivity contribution in [3.8, 4) is 11.5 Å². The zero-order valence-electron chi connectivity index (χ0n) is 8.49. The van der Waals surface area contributed by atoms with Gasteiger partial charge in [-0.1, -0.05) is 11.6 Å². The van der Waals surface area contributed by atoms with Crippen molar-refractivity contribution in [1.29, 1.82) is 0 Å². The fourth-order valence-electron chi connectivity index (χ4n) is 1.16. The van der Waals surface area contributed by atoms with Gasteiger partial charge >= 0.3 is 0 Å². The smallest absolute Gasteiger partial charge is 0.142 e. The van der Waals surface area contributed by atoms with Gasteiger partial charge in [-0.3, -0.25) is 4.79 Å². The van der Waals surface area contributed by atoms with E-state index < -0.39 is 0 Å². The van der Waals surface area contributed by atoms with E-state index in [-0.39, 0.29) is 0 Å². The zero-order chi connectivity index (χ0) is 11.3. The second kappa shape index (κ2) is 5.41. The van der Waals surface area contributed by atoms with Crippen molar-refractivity contribution in [2.75, 3.05) is 14.2 Å². The van der Waals surface area contributed by atoms with E-state index in [4.69, 9.17) is 21.1 Å². The predicted octanol–water partition coefficient (Wildman–Crippen LogP) is 2.57. The molecule has 15 heavy (non-hydrogen) atoms. The van der Waals surface area contributed by atoms with Crippen LogP contribution in [0.3, 0.4) is 0 Å². The third kappa shape index (κ3) is 2.73. The summed E-state index contributed by atoms with van der Waals surface area (Å²) in [6.07, 6.45) is 3.70. The molecule has 0 amide bonds. The van der Waals surface area contributed by atoms with Crippen LogP contribution in [0, 0.1) is 0 Å². The SMILES string of the molecule is COc1cc(C=CC=O)c(OC)cc1Cl. The van der Waals surface area contributed by atoms with Crippen molar-refractivity contribution >= 4 is 24.0 Å². The van der Waals surface area contributed by atoms with E-state index in [1.807, 2.05) is 0 Å². The summed E-state index contributed by atoms with van der Waals surface area (Å²) < 4.78 is 10.2. The van der Waals surface area contributed by atoms with Crippen LogP contribution in [0.5, 0.6) is 11.5 Å². The van der Waals surface area contributed by atoms with Crippen LogP contribution < -0.4 is 9.47 Å². The number of ether oxygens (including phenoxy) is 2. The maximum atomic E-state index is 10.2. The Morgan fingerprint density at radius 3 is 2.40 bits per heavy atom. The van der Waals surface area contributed by atoms with Gasteiger partial charge in [0.25, 0.3) is 0 Å². The highest BCUT2D eigenvalue weighted by molar-refractivity contribution is 6.32. The summed E-state index contributed by atoms with van der Waals surface area (Å²) in [6, 6.07) is 3.35. The minimum Gasteiger partial charge on any atom is -0.496 e. The largest absolute Gasteiger partial charge is 0.496 e. The predicted molar refractivity (Wildman–Crippen MR) is 59.7 cm³/mol. The van der Waals surface area contributed by atoms with E-state index in [1.54, 1.807) is 18.2 Å². The molecule has 0 spiro atoms. The summed E-state index contributed by atoms with van der Waals surface area (Å²) in [4.78, 5) is 10.2. The van der Waals surface area contributed by atoms with Crippen LogP contribution in [-0.4, -0.2) is 20.5 Å². The highest BCUT2D eigenvalue weighted by Crippen LogP contribution is 2.32. The van der Waals surface area contributed by atoms with Crippen molar-refractivity contribution in [2.24, 2.45) is 0 Å². The number of carbonyl (C=O) groups is 1. The van der Waals surface area contributed by atoms with Crippen molar-refractivity contribution in [3.05, 3.63) is 28.8 Å². The summed E-state index contributed by atoms with van der Waals surface area (Å²) in [5.41, 5.74) is 0.742. The molecule has 0 heterocycles. The lowest BCUT2D eigenvalue weighted by Crippen LogP contribution is -1.90. The highest BCUT2D eigenvalue weighted by Gasteiger charge is 2.07.